The van der Waals surface area contributed by atoms with E-state index in [-0.39, 0.29) is 0 Å². The van der Waals surface area contributed by atoms with E-state index in [0.29, 0.717) is 4.38 Å². The van der Waals surface area contributed by atoms with Gasteiger partial charge >= 0.3 is 0 Å². The highest BCUT2D eigenvalue weighted by atomic mass is 32.8. The van der Waals surface area contributed by atoms with Crippen LogP contribution in [0.4, 0.5) is 0 Å². The van der Waals surface area contributed by atoms with Crippen LogP contribution in [0.2, 0.25) is 0 Å². The minimum absolute atomic E-state index is 0.594. The van der Waals surface area contributed by atoms with Crippen molar-refractivity contribution < 1.29 is 4.74 Å². The molecule has 0 spiro atoms. The Morgan fingerprint density at radius 3 is 2.73 bits per heavy atom. The van der Waals surface area contributed by atoms with Crippen molar-refractivity contribution in [3.63, 3.8) is 0 Å². The first-order valence-electron chi connectivity index (χ1n) is 3.79. The molecule has 0 aromatic carbocycles. The fourth-order valence-electron chi connectivity index (χ4n) is 0.712. The number of hydrogen-bond donors (Lipinski definition) is 1. The molecule has 0 heterocycles. The molecule has 0 amide bonds. The standard InChI is InChI=1S/C7H14OS3/c1-2-3-4-5-6-8-7(9)11-10/h9H,2-6H2,1H3. The molecule has 66 valence electrons. The van der Waals surface area contributed by atoms with Crippen LogP contribution >= 0.6 is 12.6 Å². The van der Waals surface area contributed by atoms with Gasteiger partial charge in [-0.2, -0.15) is 0 Å². The van der Waals surface area contributed by atoms with Crippen molar-refractivity contribution in [3.8, 4) is 0 Å². The van der Waals surface area contributed by atoms with Crippen molar-refractivity contribution >= 4 is 38.1 Å². The van der Waals surface area contributed by atoms with Crippen LogP contribution in [0.5, 0.6) is 0 Å². The Balaban J connectivity index is 3.08. The lowest BCUT2D eigenvalue weighted by Crippen LogP contribution is -1.97. The van der Waals surface area contributed by atoms with E-state index in [1.54, 1.807) is 0 Å². The number of thiol groups is 1. The van der Waals surface area contributed by atoms with E-state index in [4.69, 9.17) is 4.74 Å². The van der Waals surface area contributed by atoms with E-state index in [1.807, 2.05) is 0 Å². The summed E-state index contributed by atoms with van der Waals surface area (Å²) in [5, 5.41) is 0. The largest absolute Gasteiger partial charge is 0.330 e. The molecule has 0 saturated heterocycles. The van der Waals surface area contributed by atoms with Crippen molar-refractivity contribution in [3.05, 3.63) is 0 Å². The van der Waals surface area contributed by atoms with Crippen molar-refractivity contribution in [2.75, 3.05) is 6.61 Å². The van der Waals surface area contributed by atoms with Gasteiger partial charge in [-0.15, -0.1) is 12.6 Å². The lowest BCUT2D eigenvalue weighted by Gasteiger charge is -1.99. The van der Waals surface area contributed by atoms with Gasteiger partial charge in [0.25, 0.3) is 0 Å². The first kappa shape index (κ1) is 11.6. The predicted octanol–water partition coefficient (Wildman–Crippen LogP) is 2.15. The Kier molecular flexibility index (Phi) is 9.21. The molecule has 0 saturated carbocycles. The third-order valence-electron chi connectivity index (χ3n) is 1.29. The van der Waals surface area contributed by atoms with Crippen LogP contribution in [-0.4, -0.2) is 11.0 Å². The highest BCUT2D eigenvalue weighted by Crippen LogP contribution is 1.99. The maximum atomic E-state index is 5.18. The van der Waals surface area contributed by atoms with Crippen molar-refractivity contribution in [2.24, 2.45) is 0 Å². The number of hydrogen-bond acceptors (Lipinski definition) is 2. The van der Waals surface area contributed by atoms with Gasteiger partial charge in [-0.25, -0.2) is 0 Å². The number of ether oxygens (including phenoxy) is 1. The molecule has 0 bridgehead atoms. The van der Waals surface area contributed by atoms with Gasteiger partial charge in [0.2, 0.25) is 0 Å². The fraction of sp³-hybridized carbons (Fsp3) is 0.857. The summed E-state index contributed by atoms with van der Waals surface area (Å²) < 4.78 is 5.77. The van der Waals surface area contributed by atoms with E-state index >= 15 is 0 Å². The zero-order chi connectivity index (χ0) is 8.53. The summed E-state index contributed by atoms with van der Waals surface area (Å²) in [6.07, 6.45) is 4.88. The molecular formula is C7H14OS3. The average molecular weight is 210 g/mol. The van der Waals surface area contributed by atoms with Crippen molar-refractivity contribution in [2.45, 2.75) is 32.6 Å². The average Bonchev–Trinajstić information content (AvgIpc) is 2.04. The zero-order valence-electron chi connectivity index (χ0n) is 6.71. The van der Waals surface area contributed by atoms with Crippen LogP contribution in [0, 0.1) is 0 Å². The van der Waals surface area contributed by atoms with Crippen molar-refractivity contribution in [1.29, 1.82) is 0 Å². The molecule has 0 aliphatic carbocycles. The first-order chi connectivity index (χ1) is 5.31. The molecule has 0 N–H and O–H groups in total. The van der Waals surface area contributed by atoms with Crippen LogP contribution in [0.1, 0.15) is 32.6 Å². The third-order valence-corrected chi connectivity index (χ3v) is 2.78. The van der Waals surface area contributed by atoms with Crippen molar-refractivity contribution in [1.82, 2.24) is 0 Å². The molecule has 0 aliphatic heterocycles. The fourth-order valence-corrected chi connectivity index (χ4v) is 1.08. The van der Waals surface area contributed by atoms with Crippen LogP contribution < -0.4 is 0 Å². The number of unbranched alkanes of at least 4 members (excludes halogenated alkanes) is 3. The molecular weight excluding hydrogens is 196 g/mol. The Morgan fingerprint density at radius 2 is 2.18 bits per heavy atom. The van der Waals surface area contributed by atoms with Crippen LogP contribution in [0.15, 0.2) is 0 Å². The lowest BCUT2D eigenvalue weighted by atomic mass is 10.2. The molecule has 0 atom stereocenters. The molecule has 0 rings (SSSR count). The summed E-state index contributed by atoms with van der Waals surface area (Å²) >= 11 is 8.66. The van der Waals surface area contributed by atoms with Crippen LogP contribution in [0.3, 0.4) is 0 Å². The Bertz CT molecular complexity index is 141. The molecule has 4 heteroatoms. The Hall–Kier alpha value is 0.620. The van der Waals surface area contributed by atoms with Gasteiger partial charge in [-0.05, 0) is 27.5 Å². The zero-order valence-corrected chi connectivity index (χ0v) is 9.23. The molecule has 0 aromatic rings. The van der Waals surface area contributed by atoms with Gasteiger partial charge in [0.05, 0.1) is 6.61 Å². The highest BCUT2D eigenvalue weighted by Gasteiger charge is 1.90. The molecule has 0 unspecified atom stereocenters. The van der Waals surface area contributed by atoms with Gasteiger partial charge in [0, 0.05) is 0 Å². The lowest BCUT2D eigenvalue weighted by molar-refractivity contribution is 0.309. The van der Waals surface area contributed by atoms with E-state index < -0.39 is 0 Å². The Morgan fingerprint density at radius 1 is 1.45 bits per heavy atom. The van der Waals surface area contributed by atoms with E-state index in [9.17, 15) is 0 Å². The second-order valence-corrected chi connectivity index (χ2v) is 4.00. The predicted molar refractivity (Wildman–Crippen MR) is 58.8 cm³/mol. The molecule has 1 nitrogen and oxygen atoms in total. The summed E-state index contributed by atoms with van der Waals surface area (Å²) in [5.74, 6) is 0. The minimum atomic E-state index is 0.594. The van der Waals surface area contributed by atoms with Gasteiger partial charge in [0.15, 0.2) is 4.38 Å². The summed E-state index contributed by atoms with van der Waals surface area (Å²) in [6.45, 7) is 2.94. The van der Waals surface area contributed by atoms with Crippen LogP contribution in [-0.2, 0) is 25.8 Å². The highest BCUT2D eigenvalue weighted by molar-refractivity contribution is 8.25. The topological polar surface area (TPSA) is 9.23 Å². The second-order valence-electron chi connectivity index (χ2n) is 2.26. The Labute approximate surface area is 82.1 Å². The van der Waals surface area contributed by atoms with E-state index in [2.05, 4.69) is 30.7 Å². The van der Waals surface area contributed by atoms with Gasteiger partial charge in [-0.3, -0.25) is 0 Å². The van der Waals surface area contributed by atoms with Gasteiger partial charge < -0.3 is 4.74 Å². The van der Waals surface area contributed by atoms with Gasteiger partial charge in [0.1, 0.15) is 0 Å². The first-order valence-corrected chi connectivity index (χ1v) is 5.98. The molecule has 0 fully saturated rings. The summed E-state index contributed by atoms with van der Waals surface area (Å²) in [6, 6.07) is 0. The molecule has 0 aromatic heterocycles. The molecule has 0 aliphatic rings. The second kappa shape index (κ2) is 8.71. The van der Waals surface area contributed by atoms with Gasteiger partial charge in [-0.1, -0.05) is 26.2 Å². The molecule has 11 heavy (non-hydrogen) atoms. The van der Waals surface area contributed by atoms with E-state index in [0.717, 1.165) is 22.9 Å². The quantitative estimate of drug-likeness (QED) is 0.423. The SMILES string of the molecule is CCCCCCOC(S)=S=S. The monoisotopic (exact) mass is 210 g/mol. The maximum Gasteiger partial charge on any atom is 0.171 e. The maximum absolute atomic E-state index is 5.18. The van der Waals surface area contributed by atoms with Crippen LogP contribution in [0.25, 0.3) is 0 Å². The minimum Gasteiger partial charge on any atom is -0.330 e. The summed E-state index contributed by atoms with van der Waals surface area (Å²) in [5.41, 5.74) is 0. The molecule has 0 radical (unpaired) electrons. The van der Waals surface area contributed by atoms with E-state index in [1.165, 1.54) is 19.3 Å². The smallest absolute Gasteiger partial charge is 0.171 e. The number of rotatable bonds is 5. The normalized spacial score (nSPS) is 9.64. The third kappa shape index (κ3) is 8.53. The summed E-state index contributed by atoms with van der Waals surface area (Å²) in [7, 11) is 1.13. The summed E-state index contributed by atoms with van der Waals surface area (Å²) in [4.78, 5) is 0.